The molecule has 0 amide bonds. The summed E-state index contributed by atoms with van der Waals surface area (Å²) in [6.45, 7) is 0. The van der Waals surface area contributed by atoms with E-state index in [2.05, 4.69) is 9.97 Å². The van der Waals surface area contributed by atoms with Gasteiger partial charge in [-0.2, -0.15) is 5.26 Å². The zero-order valence-corrected chi connectivity index (χ0v) is 7.88. The van der Waals surface area contributed by atoms with Gasteiger partial charge in [0.15, 0.2) is 5.16 Å². The van der Waals surface area contributed by atoms with Crippen LogP contribution in [0.15, 0.2) is 17.4 Å². The summed E-state index contributed by atoms with van der Waals surface area (Å²) < 4.78 is 0. The molecular formula is C8H8N4S. The molecule has 5 heteroatoms. The lowest BCUT2D eigenvalue weighted by atomic mass is 10.3. The molecule has 13 heavy (non-hydrogen) atoms. The lowest BCUT2D eigenvalue weighted by Gasteiger charge is -1.99. The molecule has 0 fully saturated rings. The summed E-state index contributed by atoms with van der Waals surface area (Å²) in [6.07, 6.45) is 6.40. The highest BCUT2D eigenvalue weighted by molar-refractivity contribution is 7.98. The highest BCUT2D eigenvalue weighted by Crippen LogP contribution is 2.14. The quantitative estimate of drug-likeness (QED) is 0.434. The van der Waals surface area contributed by atoms with Gasteiger partial charge in [-0.25, -0.2) is 9.97 Å². The second-order valence-corrected chi connectivity index (χ2v) is 2.93. The molecule has 66 valence electrons. The fraction of sp³-hybridized carbons (Fsp3) is 0.125. The first-order valence-electron chi connectivity index (χ1n) is 3.50. The molecule has 0 unspecified atom stereocenters. The molecule has 2 N–H and O–H groups in total. The molecule has 0 bridgehead atoms. The van der Waals surface area contributed by atoms with Crippen LogP contribution in [0.25, 0.3) is 6.08 Å². The van der Waals surface area contributed by atoms with E-state index in [4.69, 9.17) is 11.0 Å². The maximum absolute atomic E-state index is 8.30. The average molecular weight is 192 g/mol. The minimum atomic E-state index is 0.394. The molecule has 1 heterocycles. The van der Waals surface area contributed by atoms with Crippen molar-refractivity contribution in [2.45, 2.75) is 5.16 Å². The van der Waals surface area contributed by atoms with E-state index in [9.17, 15) is 0 Å². The summed E-state index contributed by atoms with van der Waals surface area (Å²) in [7, 11) is 0. The number of nitrogens with two attached hydrogens (primary N) is 1. The first kappa shape index (κ1) is 9.55. The van der Waals surface area contributed by atoms with Gasteiger partial charge in [-0.15, -0.1) is 0 Å². The lowest BCUT2D eigenvalue weighted by molar-refractivity contribution is 0.975. The largest absolute Gasteiger partial charge is 0.383 e. The average Bonchev–Trinajstić information content (AvgIpc) is 2.16. The first-order valence-corrected chi connectivity index (χ1v) is 4.73. The van der Waals surface area contributed by atoms with E-state index >= 15 is 0 Å². The molecule has 1 rings (SSSR count). The highest BCUT2D eigenvalue weighted by Gasteiger charge is 1.99. The maximum atomic E-state index is 8.30. The van der Waals surface area contributed by atoms with Crippen LogP contribution in [-0.4, -0.2) is 16.2 Å². The Kier molecular flexibility index (Phi) is 3.29. The number of thioether (sulfide) groups is 1. The number of anilines is 1. The molecule has 0 spiro atoms. The molecule has 0 saturated heterocycles. The Morgan fingerprint density at radius 3 is 3.00 bits per heavy atom. The molecule has 0 aliphatic heterocycles. The second-order valence-electron chi connectivity index (χ2n) is 2.16. The van der Waals surface area contributed by atoms with E-state index in [-0.39, 0.29) is 0 Å². The van der Waals surface area contributed by atoms with Crippen molar-refractivity contribution in [3.63, 3.8) is 0 Å². The molecular weight excluding hydrogens is 184 g/mol. The van der Waals surface area contributed by atoms with Crippen molar-refractivity contribution in [3.05, 3.63) is 17.8 Å². The third kappa shape index (κ3) is 2.46. The van der Waals surface area contributed by atoms with Crippen LogP contribution < -0.4 is 5.73 Å². The number of hydrogen-bond acceptors (Lipinski definition) is 5. The molecule has 1 aromatic heterocycles. The number of nitrogen functional groups attached to an aromatic ring is 1. The van der Waals surface area contributed by atoms with Crippen LogP contribution in [-0.2, 0) is 0 Å². The van der Waals surface area contributed by atoms with E-state index in [1.54, 1.807) is 12.3 Å². The number of aromatic nitrogens is 2. The van der Waals surface area contributed by atoms with Crippen LogP contribution in [0.1, 0.15) is 5.56 Å². The predicted octanol–water partition coefficient (Wildman–Crippen LogP) is 1.32. The van der Waals surface area contributed by atoms with Crippen LogP contribution in [0.2, 0.25) is 0 Å². The van der Waals surface area contributed by atoms with Gasteiger partial charge in [0.05, 0.1) is 6.07 Å². The smallest absolute Gasteiger partial charge is 0.189 e. The minimum Gasteiger partial charge on any atom is -0.383 e. The van der Waals surface area contributed by atoms with Crippen LogP contribution in [0, 0.1) is 11.3 Å². The topological polar surface area (TPSA) is 75.6 Å². The molecule has 0 aliphatic rings. The van der Waals surface area contributed by atoms with Crippen molar-refractivity contribution in [3.8, 4) is 6.07 Å². The summed E-state index contributed by atoms with van der Waals surface area (Å²) in [5.74, 6) is 0.394. The van der Waals surface area contributed by atoms with Crippen LogP contribution in [0.3, 0.4) is 0 Å². The van der Waals surface area contributed by atoms with Gasteiger partial charge in [0.2, 0.25) is 0 Å². The molecule has 0 atom stereocenters. The highest BCUT2D eigenvalue weighted by atomic mass is 32.2. The maximum Gasteiger partial charge on any atom is 0.189 e. The standard InChI is InChI=1S/C8H8N4S/c1-13-8-11-5-6(3-2-4-9)7(10)12-8/h2-3,5H,1H3,(H2,10,11,12). The Hall–Kier alpha value is -1.54. The molecule has 1 aromatic rings. The number of hydrogen-bond donors (Lipinski definition) is 1. The van der Waals surface area contributed by atoms with E-state index < -0.39 is 0 Å². The fourth-order valence-electron chi connectivity index (χ4n) is 0.741. The Morgan fingerprint density at radius 2 is 2.46 bits per heavy atom. The van der Waals surface area contributed by atoms with E-state index in [1.807, 2.05) is 12.3 Å². The molecule has 0 saturated carbocycles. The van der Waals surface area contributed by atoms with Crippen LogP contribution in [0.5, 0.6) is 0 Å². The van der Waals surface area contributed by atoms with Crippen molar-refractivity contribution in [2.75, 3.05) is 12.0 Å². The zero-order valence-electron chi connectivity index (χ0n) is 7.06. The van der Waals surface area contributed by atoms with Crippen LogP contribution >= 0.6 is 11.8 Å². The van der Waals surface area contributed by atoms with Crippen LogP contribution in [0.4, 0.5) is 5.82 Å². The molecule has 0 radical (unpaired) electrons. The summed E-state index contributed by atoms with van der Waals surface area (Å²) in [6, 6.07) is 1.88. The van der Waals surface area contributed by atoms with Crippen molar-refractivity contribution >= 4 is 23.7 Å². The number of nitrogens with zero attached hydrogens (tertiary/aromatic N) is 3. The lowest BCUT2D eigenvalue weighted by Crippen LogP contribution is -1.96. The van der Waals surface area contributed by atoms with E-state index in [0.29, 0.717) is 16.5 Å². The summed E-state index contributed by atoms with van der Waals surface area (Å²) >= 11 is 1.42. The van der Waals surface area contributed by atoms with Crippen molar-refractivity contribution in [1.82, 2.24) is 9.97 Å². The Morgan fingerprint density at radius 1 is 1.69 bits per heavy atom. The fourth-order valence-corrected chi connectivity index (χ4v) is 1.09. The monoisotopic (exact) mass is 192 g/mol. The van der Waals surface area contributed by atoms with E-state index in [1.165, 1.54) is 17.8 Å². The van der Waals surface area contributed by atoms with Gasteiger partial charge in [0.25, 0.3) is 0 Å². The number of rotatable bonds is 2. The normalized spacial score (nSPS) is 10.2. The van der Waals surface area contributed by atoms with Crippen molar-refractivity contribution in [2.24, 2.45) is 0 Å². The van der Waals surface area contributed by atoms with Gasteiger partial charge in [-0.3, -0.25) is 0 Å². The van der Waals surface area contributed by atoms with Gasteiger partial charge in [0.1, 0.15) is 5.82 Å². The third-order valence-electron chi connectivity index (χ3n) is 1.35. The summed E-state index contributed by atoms with van der Waals surface area (Å²) in [5.41, 5.74) is 6.28. The van der Waals surface area contributed by atoms with Gasteiger partial charge < -0.3 is 5.73 Å². The van der Waals surface area contributed by atoms with Gasteiger partial charge in [-0.05, 0) is 12.3 Å². The summed E-state index contributed by atoms with van der Waals surface area (Å²) in [5, 5.41) is 8.93. The molecule has 0 aromatic carbocycles. The zero-order chi connectivity index (χ0) is 9.68. The van der Waals surface area contributed by atoms with Gasteiger partial charge >= 0.3 is 0 Å². The van der Waals surface area contributed by atoms with Crippen molar-refractivity contribution in [1.29, 1.82) is 5.26 Å². The third-order valence-corrected chi connectivity index (χ3v) is 1.91. The summed E-state index contributed by atoms with van der Waals surface area (Å²) in [4.78, 5) is 8.04. The Bertz CT molecular complexity index is 367. The van der Waals surface area contributed by atoms with Crippen molar-refractivity contribution < 1.29 is 0 Å². The SMILES string of the molecule is CSc1ncc(C=CC#N)c(N)n1. The second kappa shape index (κ2) is 4.48. The number of nitriles is 1. The Balaban J connectivity index is 3.00. The molecule has 0 aliphatic carbocycles. The molecule has 4 nitrogen and oxygen atoms in total. The van der Waals surface area contributed by atoms with E-state index in [0.717, 1.165) is 0 Å². The first-order chi connectivity index (χ1) is 6.27. The number of allylic oxidation sites excluding steroid dienone is 1. The minimum absolute atomic E-state index is 0.394. The predicted molar refractivity (Wildman–Crippen MR) is 52.9 cm³/mol. The van der Waals surface area contributed by atoms with Gasteiger partial charge in [0, 0.05) is 17.8 Å². The van der Waals surface area contributed by atoms with Gasteiger partial charge in [-0.1, -0.05) is 11.8 Å². The Labute approximate surface area is 80.5 Å².